The van der Waals surface area contributed by atoms with Gasteiger partial charge >= 0.3 is 0 Å². The summed E-state index contributed by atoms with van der Waals surface area (Å²) < 4.78 is 2.38. The normalized spacial score (nSPS) is 14.4. The lowest BCUT2D eigenvalue weighted by Crippen LogP contribution is -2.38. The van der Waals surface area contributed by atoms with E-state index in [9.17, 15) is 0 Å². The zero-order chi connectivity index (χ0) is 43.5. The smallest absolute Gasteiger partial charge is 0.146 e. The average molecular weight is 843 g/mol. The molecule has 2 aliphatic heterocycles. The Bertz CT molecular complexity index is 4040. The number of benzene rings is 10. The summed E-state index contributed by atoms with van der Waals surface area (Å²) in [7, 11) is 0. The molecular weight excluding hydrogens is 801 g/mol. The van der Waals surface area contributed by atoms with Gasteiger partial charge in [-0.05, 0) is 156 Å². The number of imidazole rings is 1. The number of allylic oxidation sites excluding steroid dienone is 1. The average Bonchev–Trinajstić information content (AvgIpc) is 3.77. The second kappa shape index (κ2) is 14.3. The van der Waals surface area contributed by atoms with Crippen LogP contribution in [0.2, 0.25) is 0 Å². The molecule has 0 bridgehead atoms. The molecule has 10 aromatic carbocycles. The van der Waals surface area contributed by atoms with Gasteiger partial charge in [0.2, 0.25) is 0 Å². The SMILES string of the molecule is Cc1c(-c2ccc3ccccc3c2)n2c3ccccc3nc2c2cc(-c3ccc4cc(-c5ccc6c(c5)C5=CCc7ccccc7N5C(c5ccc7ccccc7c5)N6)ccc4c3)ccc12. The van der Waals surface area contributed by atoms with E-state index in [2.05, 4.69) is 234 Å². The second-order valence-corrected chi connectivity index (χ2v) is 18.0. The van der Waals surface area contributed by atoms with Gasteiger partial charge in [-0.2, -0.15) is 0 Å². The third kappa shape index (κ3) is 5.68. The van der Waals surface area contributed by atoms with Gasteiger partial charge in [0.15, 0.2) is 0 Å². The minimum Gasteiger partial charge on any atom is -0.361 e. The first kappa shape index (κ1) is 37.0. The number of nitrogens with one attached hydrogen (secondary N) is 1. The molecule has 0 saturated heterocycles. The molecule has 0 aliphatic carbocycles. The van der Waals surface area contributed by atoms with E-state index in [0.717, 1.165) is 34.2 Å². The molecule has 0 fully saturated rings. The van der Waals surface area contributed by atoms with E-state index < -0.39 is 0 Å². The van der Waals surface area contributed by atoms with E-state index in [0.29, 0.717) is 0 Å². The first-order valence-electron chi connectivity index (χ1n) is 22.9. The van der Waals surface area contributed by atoms with E-state index >= 15 is 0 Å². The number of hydrogen-bond acceptors (Lipinski definition) is 3. The molecule has 310 valence electrons. The van der Waals surface area contributed by atoms with Crippen molar-refractivity contribution >= 4 is 76.8 Å². The summed E-state index contributed by atoms with van der Waals surface area (Å²) in [5, 5.41) is 13.8. The van der Waals surface area contributed by atoms with Crippen molar-refractivity contribution in [3.8, 4) is 33.5 Å². The Morgan fingerprint density at radius 2 is 1.09 bits per heavy atom. The van der Waals surface area contributed by atoms with Gasteiger partial charge in [0.05, 0.1) is 16.7 Å². The molecule has 66 heavy (non-hydrogen) atoms. The Balaban J connectivity index is 0.835. The van der Waals surface area contributed by atoms with Crippen LogP contribution in [0.1, 0.15) is 28.4 Å². The Morgan fingerprint density at radius 3 is 1.91 bits per heavy atom. The van der Waals surface area contributed by atoms with Gasteiger partial charge in [-0.1, -0.05) is 152 Å². The predicted molar refractivity (Wildman–Crippen MR) is 277 cm³/mol. The Morgan fingerprint density at radius 1 is 0.500 bits per heavy atom. The molecule has 0 radical (unpaired) electrons. The number of para-hydroxylation sites is 3. The highest BCUT2D eigenvalue weighted by Crippen LogP contribution is 2.48. The first-order chi connectivity index (χ1) is 32.6. The molecule has 0 spiro atoms. The fourth-order valence-electron chi connectivity index (χ4n) is 11.0. The van der Waals surface area contributed by atoms with Crippen LogP contribution in [0.3, 0.4) is 0 Å². The van der Waals surface area contributed by atoms with Gasteiger partial charge in [0, 0.05) is 28.0 Å². The van der Waals surface area contributed by atoms with Crippen LogP contribution in [0.4, 0.5) is 11.4 Å². The number of rotatable bonds is 4. The largest absolute Gasteiger partial charge is 0.361 e. The van der Waals surface area contributed by atoms with Crippen LogP contribution in [0.25, 0.3) is 99.0 Å². The van der Waals surface area contributed by atoms with Crippen molar-refractivity contribution in [2.45, 2.75) is 19.5 Å². The number of fused-ring (bicyclic) bond motifs is 13. The predicted octanol–water partition coefficient (Wildman–Crippen LogP) is 15.9. The Hall–Kier alpha value is -8.47. The molecule has 0 saturated carbocycles. The van der Waals surface area contributed by atoms with Gasteiger partial charge < -0.3 is 10.2 Å². The van der Waals surface area contributed by atoms with Gasteiger partial charge in [-0.25, -0.2) is 4.98 Å². The van der Waals surface area contributed by atoms with Crippen molar-refractivity contribution < 1.29 is 0 Å². The topological polar surface area (TPSA) is 32.6 Å². The maximum Gasteiger partial charge on any atom is 0.146 e. The third-order valence-corrected chi connectivity index (χ3v) is 14.3. The number of anilines is 2. The molecule has 1 unspecified atom stereocenters. The molecule has 2 aliphatic rings. The molecule has 1 N–H and O–H groups in total. The summed E-state index contributed by atoms with van der Waals surface area (Å²) in [6, 6.07) is 75.9. The number of pyridine rings is 1. The summed E-state index contributed by atoms with van der Waals surface area (Å²) in [6.07, 6.45) is 3.28. The van der Waals surface area contributed by atoms with Crippen molar-refractivity contribution in [1.29, 1.82) is 0 Å². The van der Waals surface area contributed by atoms with Gasteiger partial charge in [0.25, 0.3) is 0 Å². The van der Waals surface area contributed by atoms with Crippen LogP contribution in [-0.2, 0) is 6.42 Å². The van der Waals surface area contributed by atoms with E-state index in [4.69, 9.17) is 4.98 Å². The van der Waals surface area contributed by atoms with E-state index in [1.54, 1.807) is 0 Å². The number of aryl methyl sites for hydroxylation is 1. The fraction of sp³-hybridized carbons (Fsp3) is 0.0484. The minimum atomic E-state index is -0.0413. The van der Waals surface area contributed by atoms with E-state index in [1.165, 1.54) is 105 Å². The first-order valence-corrected chi connectivity index (χ1v) is 22.9. The Kier molecular flexibility index (Phi) is 7.99. The number of hydrogen-bond donors (Lipinski definition) is 1. The summed E-state index contributed by atoms with van der Waals surface area (Å²) in [5.41, 5.74) is 19.0. The van der Waals surface area contributed by atoms with E-state index in [1.807, 2.05) is 0 Å². The van der Waals surface area contributed by atoms with Crippen molar-refractivity contribution in [2.24, 2.45) is 0 Å². The lowest BCUT2D eigenvalue weighted by molar-refractivity contribution is 0.769. The number of aromatic nitrogens is 2. The summed E-state index contributed by atoms with van der Waals surface area (Å²) in [4.78, 5) is 7.80. The monoisotopic (exact) mass is 842 g/mol. The molecule has 4 heterocycles. The van der Waals surface area contributed by atoms with Crippen LogP contribution in [-0.4, -0.2) is 9.38 Å². The van der Waals surface area contributed by atoms with Crippen LogP contribution >= 0.6 is 0 Å². The van der Waals surface area contributed by atoms with Crippen LogP contribution < -0.4 is 10.2 Å². The molecule has 4 nitrogen and oxygen atoms in total. The minimum absolute atomic E-state index is 0.0413. The molecule has 12 aromatic rings. The van der Waals surface area contributed by atoms with Crippen molar-refractivity contribution in [1.82, 2.24) is 9.38 Å². The molecular formula is C62H42N4. The van der Waals surface area contributed by atoms with Gasteiger partial charge in [-0.3, -0.25) is 4.40 Å². The van der Waals surface area contributed by atoms with Crippen molar-refractivity contribution in [3.63, 3.8) is 0 Å². The van der Waals surface area contributed by atoms with Crippen LogP contribution in [0, 0.1) is 6.92 Å². The summed E-state index contributed by atoms with van der Waals surface area (Å²) >= 11 is 0. The molecule has 14 rings (SSSR count). The highest BCUT2D eigenvalue weighted by atomic mass is 15.3. The lowest BCUT2D eigenvalue weighted by atomic mass is 9.90. The maximum absolute atomic E-state index is 5.30. The van der Waals surface area contributed by atoms with Crippen LogP contribution in [0.15, 0.2) is 212 Å². The lowest BCUT2D eigenvalue weighted by Gasteiger charge is -2.44. The molecule has 4 heteroatoms. The summed E-state index contributed by atoms with van der Waals surface area (Å²) in [5.74, 6) is 0. The number of nitrogens with zero attached hydrogens (tertiary/aromatic N) is 3. The molecule has 0 amide bonds. The van der Waals surface area contributed by atoms with Crippen LogP contribution in [0.5, 0.6) is 0 Å². The third-order valence-electron chi connectivity index (χ3n) is 14.3. The summed E-state index contributed by atoms with van der Waals surface area (Å²) in [6.45, 7) is 2.26. The van der Waals surface area contributed by atoms with Gasteiger partial charge in [-0.15, -0.1) is 0 Å². The van der Waals surface area contributed by atoms with Crippen molar-refractivity contribution in [2.75, 3.05) is 10.2 Å². The van der Waals surface area contributed by atoms with Gasteiger partial charge in [0.1, 0.15) is 11.8 Å². The quantitative estimate of drug-likeness (QED) is 0.192. The standard InChI is InChI=1S/C62H42N4/c1-38-52-29-26-48(36-53(52)62-64-56-15-7-9-17-59(56)66(62)60(38)50-24-18-39-10-2-4-13-42(39)34-50)46-22-20-45-33-47(23-21-44(45)32-46)49-27-30-55-54(37-49)58-31-28-41-12-6-8-16-57(41)65(58)61(63-55)51-25-19-40-11-3-5-14-43(40)35-51/h2-27,29-37,61,63H,28H2,1H3. The molecule has 1 atom stereocenters. The Labute approximate surface area is 382 Å². The highest BCUT2D eigenvalue weighted by Gasteiger charge is 2.34. The molecule has 2 aromatic heterocycles. The second-order valence-electron chi connectivity index (χ2n) is 18.0. The zero-order valence-corrected chi connectivity index (χ0v) is 36.3. The van der Waals surface area contributed by atoms with E-state index in [-0.39, 0.29) is 6.17 Å². The zero-order valence-electron chi connectivity index (χ0n) is 36.3. The van der Waals surface area contributed by atoms with Crippen molar-refractivity contribution in [3.05, 3.63) is 235 Å². The maximum atomic E-state index is 5.30. The highest BCUT2D eigenvalue weighted by molar-refractivity contribution is 6.06. The fourth-order valence-corrected chi connectivity index (χ4v) is 11.0.